The lowest BCUT2D eigenvalue weighted by molar-refractivity contribution is -0.205. The largest absolute Gasteiger partial charge is 0.523 e. The van der Waals surface area contributed by atoms with Gasteiger partial charge in [-0.3, -0.25) is 4.79 Å². The van der Waals surface area contributed by atoms with E-state index in [1.54, 1.807) is 20.8 Å². The molecule has 0 spiro atoms. The summed E-state index contributed by atoms with van der Waals surface area (Å²) in [6, 6.07) is 0.143. The van der Waals surface area contributed by atoms with E-state index < -0.39 is 56.5 Å². The Morgan fingerprint density at radius 3 is 2.17 bits per heavy atom. The maximum atomic E-state index is 13.1. The van der Waals surface area contributed by atoms with Crippen LogP contribution in [-0.2, 0) is 19.0 Å². The zero-order valence-electron chi connectivity index (χ0n) is 18.7. The first kappa shape index (κ1) is 28.7. The van der Waals surface area contributed by atoms with Gasteiger partial charge in [0, 0.05) is 19.2 Å². The highest BCUT2D eigenvalue weighted by atomic mass is 32.2. The molecule has 1 saturated heterocycles. The number of nitrogens with zero attached hydrogens (tertiary/aromatic N) is 1. The van der Waals surface area contributed by atoms with Gasteiger partial charge >= 0.3 is 27.9 Å². The van der Waals surface area contributed by atoms with Crippen LogP contribution in [0.1, 0.15) is 45.5 Å². The predicted molar refractivity (Wildman–Crippen MR) is 106 cm³/mol. The number of hydrogen-bond acceptors (Lipinski definition) is 8. The first-order valence-electron chi connectivity index (χ1n) is 10.1. The zero-order valence-corrected chi connectivity index (χ0v) is 19.6. The molecule has 0 radical (unpaired) electrons. The van der Waals surface area contributed by atoms with E-state index in [2.05, 4.69) is 8.60 Å². The normalized spacial score (nSPS) is 17.2. The van der Waals surface area contributed by atoms with Crippen molar-refractivity contribution in [3.05, 3.63) is 28.3 Å². The van der Waals surface area contributed by atoms with E-state index >= 15 is 0 Å². The fourth-order valence-corrected chi connectivity index (χ4v) is 3.48. The molecule has 200 valence electrons. The van der Waals surface area contributed by atoms with E-state index in [1.165, 1.54) is 4.90 Å². The minimum Gasteiger partial charge on any atom is -0.486 e. The molecule has 2 heterocycles. The second kappa shape index (κ2) is 10.2. The van der Waals surface area contributed by atoms with Crippen molar-refractivity contribution in [3.63, 3.8) is 0 Å². The Bertz CT molecular complexity index is 1050. The summed E-state index contributed by atoms with van der Waals surface area (Å²) in [6.45, 7) is 5.79. The van der Waals surface area contributed by atoms with E-state index in [0.29, 0.717) is 32.2 Å². The molecule has 35 heavy (non-hydrogen) atoms. The number of alkyl halides is 6. The summed E-state index contributed by atoms with van der Waals surface area (Å²) in [5.41, 5.74) is -7.98. The molecule has 2 rings (SSSR count). The average molecular weight is 539 g/mol. The summed E-state index contributed by atoms with van der Waals surface area (Å²) >= 11 is 0. The Balaban J connectivity index is 2.03. The smallest absolute Gasteiger partial charge is 0.486 e. The molecular weight excluding hydrogens is 516 g/mol. The van der Waals surface area contributed by atoms with Crippen LogP contribution in [0.25, 0.3) is 0 Å². The third-order valence-electron chi connectivity index (χ3n) is 4.62. The van der Waals surface area contributed by atoms with Gasteiger partial charge in [0.25, 0.3) is 0 Å². The minimum atomic E-state index is -6.65. The van der Waals surface area contributed by atoms with Gasteiger partial charge < -0.3 is 18.8 Å². The number of piperidine rings is 1. The van der Waals surface area contributed by atoms with E-state index in [1.807, 2.05) is 0 Å². The number of likely N-dealkylation sites (tertiary alicyclic amines) is 1. The molecule has 0 bridgehead atoms. The highest BCUT2D eigenvalue weighted by Crippen LogP contribution is 2.40. The van der Waals surface area contributed by atoms with E-state index in [0.717, 1.165) is 0 Å². The summed E-state index contributed by atoms with van der Waals surface area (Å²) in [5.74, 6) is -2.17. The second-order valence-electron chi connectivity index (χ2n) is 8.65. The van der Waals surface area contributed by atoms with E-state index in [4.69, 9.17) is 9.47 Å². The number of rotatable bonds is 6. The van der Waals surface area contributed by atoms with E-state index in [9.17, 15) is 44.3 Å². The van der Waals surface area contributed by atoms with Gasteiger partial charge in [-0.15, -0.1) is 0 Å². The van der Waals surface area contributed by atoms with Crippen molar-refractivity contribution in [1.29, 1.82) is 0 Å². The summed E-state index contributed by atoms with van der Waals surface area (Å²) in [7, 11) is -6.65. The van der Waals surface area contributed by atoms with Gasteiger partial charge in [0.1, 0.15) is 17.6 Å². The lowest BCUT2D eigenvalue weighted by atomic mass is 9.98. The number of ether oxygens (including phenoxy) is 2. The average Bonchev–Trinajstić information content (AvgIpc) is 2.68. The number of carbonyl (C=O) groups excluding carboxylic acids is 1. The molecule has 1 fully saturated rings. The minimum absolute atomic E-state index is 0.0616. The Kier molecular flexibility index (Phi) is 8.41. The van der Waals surface area contributed by atoms with Crippen molar-refractivity contribution in [3.8, 4) is 5.75 Å². The first-order chi connectivity index (χ1) is 15.8. The summed E-state index contributed by atoms with van der Waals surface area (Å²) in [5, 5.41) is 0. The lowest BCUT2D eigenvalue weighted by Crippen LogP contribution is -2.42. The Morgan fingerprint density at radius 1 is 1.14 bits per heavy atom. The zero-order chi connectivity index (χ0) is 26.8. The fourth-order valence-electron chi connectivity index (χ4n) is 2.92. The third kappa shape index (κ3) is 8.02. The van der Waals surface area contributed by atoms with Crippen LogP contribution in [0.5, 0.6) is 5.75 Å². The molecule has 1 aromatic rings. The molecule has 1 unspecified atom stereocenters. The molecule has 0 saturated carbocycles. The van der Waals surface area contributed by atoms with Crippen LogP contribution in [0.4, 0.5) is 31.1 Å². The van der Waals surface area contributed by atoms with E-state index in [-0.39, 0.29) is 18.6 Å². The van der Waals surface area contributed by atoms with Gasteiger partial charge in [-0.25, -0.2) is 8.98 Å². The molecule has 1 amide bonds. The number of halogens is 6. The van der Waals surface area contributed by atoms with Gasteiger partial charge in [0.2, 0.25) is 17.3 Å². The van der Waals surface area contributed by atoms with Gasteiger partial charge in [0.05, 0.1) is 6.61 Å². The van der Waals surface area contributed by atoms with Crippen molar-refractivity contribution in [1.82, 2.24) is 4.90 Å². The molecule has 1 aliphatic heterocycles. The molecule has 1 atom stereocenters. The van der Waals surface area contributed by atoms with Crippen molar-refractivity contribution in [2.24, 2.45) is 5.92 Å². The maximum absolute atomic E-state index is 13.1. The Labute approximate surface area is 196 Å². The SMILES string of the molecule is CC(C)(C)OC(=O)N1CCC(COc2coc(C(OS(=O)(=O)C(F)(F)F)C(F)(F)F)cc2=O)CC1. The topological polar surface area (TPSA) is 112 Å². The molecule has 0 aliphatic carbocycles. The molecular formula is C19H23F6NO8S. The van der Waals surface area contributed by atoms with Gasteiger partial charge in [0.15, 0.2) is 0 Å². The maximum Gasteiger partial charge on any atom is 0.523 e. The molecule has 0 aromatic carbocycles. The summed E-state index contributed by atoms with van der Waals surface area (Å²) < 4.78 is 117. The van der Waals surface area contributed by atoms with Gasteiger partial charge in [-0.2, -0.15) is 34.8 Å². The van der Waals surface area contributed by atoms with Crippen LogP contribution < -0.4 is 10.2 Å². The number of amides is 1. The monoisotopic (exact) mass is 539 g/mol. The first-order valence-corrected chi connectivity index (χ1v) is 11.5. The van der Waals surface area contributed by atoms with Crippen molar-refractivity contribution in [2.45, 2.75) is 57.0 Å². The van der Waals surface area contributed by atoms with Crippen LogP contribution in [0.3, 0.4) is 0 Å². The number of carbonyl (C=O) groups is 1. The Morgan fingerprint density at radius 2 is 1.71 bits per heavy atom. The summed E-state index contributed by atoms with van der Waals surface area (Å²) in [6.07, 6.45) is -8.46. The standard InChI is InChI=1S/C19H23F6NO8S/c1-17(2,3)33-16(28)26-6-4-11(5-7-26)9-31-14-10-32-13(8-12(14)27)15(18(20,21)22)34-35(29,30)19(23,24)25/h8,10-11,15H,4-7,9H2,1-3H3. The lowest BCUT2D eigenvalue weighted by Gasteiger charge is -2.33. The van der Waals surface area contributed by atoms with Crippen LogP contribution in [0, 0.1) is 5.92 Å². The van der Waals surface area contributed by atoms with Gasteiger partial charge in [-0.1, -0.05) is 0 Å². The quantitative estimate of drug-likeness (QED) is 0.301. The molecule has 9 nitrogen and oxygen atoms in total. The summed E-state index contributed by atoms with van der Waals surface area (Å²) in [4.78, 5) is 25.7. The van der Waals surface area contributed by atoms with Gasteiger partial charge in [-0.05, 0) is 39.5 Å². The second-order valence-corrected chi connectivity index (χ2v) is 10.2. The molecule has 0 N–H and O–H groups in total. The highest BCUT2D eigenvalue weighted by Gasteiger charge is 2.55. The van der Waals surface area contributed by atoms with Crippen molar-refractivity contribution in [2.75, 3.05) is 19.7 Å². The van der Waals surface area contributed by atoms with Crippen molar-refractivity contribution >= 4 is 16.2 Å². The van der Waals surface area contributed by atoms with Crippen LogP contribution in [0.2, 0.25) is 0 Å². The molecule has 1 aliphatic rings. The Hall–Kier alpha value is -2.49. The van der Waals surface area contributed by atoms with Crippen LogP contribution in [-0.4, -0.2) is 56.4 Å². The third-order valence-corrected chi connectivity index (χ3v) is 5.63. The fraction of sp³-hybridized carbons (Fsp3) is 0.684. The highest BCUT2D eigenvalue weighted by molar-refractivity contribution is 7.87. The van der Waals surface area contributed by atoms with Crippen LogP contribution >= 0.6 is 0 Å². The molecule has 16 heteroatoms. The van der Waals surface area contributed by atoms with Crippen LogP contribution in [0.15, 0.2) is 21.5 Å². The molecule has 1 aromatic heterocycles. The van der Waals surface area contributed by atoms with Crippen molar-refractivity contribution < 1.29 is 57.6 Å². The number of hydrogen-bond donors (Lipinski definition) is 0. The predicted octanol–water partition coefficient (Wildman–Crippen LogP) is 4.14.